The van der Waals surface area contributed by atoms with Gasteiger partial charge in [0.1, 0.15) is 0 Å². The van der Waals surface area contributed by atoms with Crippen molar-refractivity contribution >= 4 is 5.91 Å². The predicted molar refractivity (Wildman–Crippen MR) is 71.5 cm³/mol. The summed E-state index contributed by atoms with van der Waals surface area (Å²) in [6.45, 7) is 2.71. The normalized spacial score (nSPS) is 26.9. The van der Waals surface area contributed by atoms with Crippen molar-refractivity contribution in [2.45, 2.75) is 44.8 Å². The number of hydrogen-bond donors (Lipinski definition) is 1. The van der Waals surface area contributed by atoms with E-state index >= 15 is 0 Å². The Kier molecular flexibility index (Phi) is 3.20. The zero-order valence-corrected chi connectivity index (χ0v) is 11.8. The van der Waals surface area contributed by atoms with E-state index in [1.807, 2.05) is 6.92 Å². The fourth-order valence-corrected chi connectivity index (χ4v) is 3.40. The molecule has 0 bridgehead atoms. The second kappa shape index (κ2) is 4.77. The number of ether oxygens (including phenoxy) is 1. The molecule has 0 radical (unpaired) electrons. The van der Waals surface area contributed by atoms with Crippen molar-refractivity contribution in [3.8, 4) is 0 Å². The minimum absolute atomic E-state index is 0.0758. The van der Waals surface area contributed by atoms with Crippen LogP contribution in [-0.4, -0.2) is 29.4 Å². The monoisotopic (exact) mass is 280 g/mol. The van der Waals surface area contributed by atoms with E-state index in [0.29, 0.717) is 6.61 Å². The lowest BCUT2D eigenvalue weighted by Crippen LogP contribution is -2.67. The Labute approximate surface area is 117 Å². The summed E-state index contributed by atoms with van der Waals surface area (Å²) in [4.78, 5) is 23.4. The molecule has 1 N–H and O–H groups in total. The van der Waals surface area contributed by atoms with Crippen molar-refractivity contribution in [3.63, 3.8) is 0 Å². The van der Waals surface area contributed by atoms with E-state index in [1.165, 1.54) is 19.5 Å². The maximum absolute atomic E-state index is 12.1. The molecule has 1 spiro atoms. The second-order valence-corrected chi connectivity index (χ2v) is 5.73. The highest BCUT2D eigenvalue weighted by molar-refractivity contribution is 5.91. The van der Waals surface area contributed by atoms with E-state index in [1.54, 1.807) is 0 Å². The summed E-state index contributed by atoms with van der Waals surface area (Å²) in [6.07, 6.45) is 4.49. The van der Waals surface area contributed by atoms with E-state index in [2.05, 4.69) is 5.32 Å². The molecule has 3 rings (SSSR count). The molecule has 1 heterocycles. The average Bonchev–Trinajstić information content (AvgIpc) is 2.66. The first-order valence-corrected chi connectivity index (χ1v) is 7.16. The number of nitrogens with zero attached hydrogens (tertiary/aromatic N) is 1. The van der Waals surface area contributed by atoms with Gasteiger partial charge in [-0.2, -0.15) is 4.74 Å². The van der Waals surface area contributed by atoms with E-state index in [9.17, 15) is 9.59 Å². The zero-order valence-electron chi connectivity index (χ0n) is 11.8. The Morgan fingerprint density at radius 1 is 1.60 bits per heavy atom. The minimum Gasteiger partial charge on any atom is -0.378 e. The van der Waals surface area contributed by atoms with Gasteiger partial charge in [0.15, 0.2) is 0 Å². The predicted octanol–water partition coefficient (Wildman–Crippen LogP) is 1.06. The molecule has 2 fully saturated rings. The van der Waals surface area contributed by atoms with Crippen LogP contribution in [0.15, 0.2) is 15.4 Å². The minimum atomic E-state index is -0.311. The van der Waals surface area contributed by atoms with Crippen LogP contribution in [0.5, 0.6) is 0 Å². The first-order valence-electron chi connectivity index (χ1n) is 7.16. The van der Waals surface area contributed by atoms with E-state index in [4.69, 9.17) is 9.26 Å². The van der Waals surface area contributed by atoms with Crippen LogP contribution in [0.3, 0.4) is 0 Å². The van der Waals surface area contributed by atoms with Gasteiger partial charge in [-0.3, -0.25) is 9.59 Å². The number of aryl methyl sites for hydroxylation is 1. The third-order valence-corrected chi connectivity index (χ3v) is 4.77. The molecule has 0 saturated heterocycles. The van der Waals surface area contributed by atoms with E-state index in [0.717, 1.165) is 24.0 Å². The maximum atomic E-state index is 12.1. The number of aromatic nitrogens is 1. The summed E-state index contributed by atoms with van der Waals surface area (Å²) in [6, 6.07) is 1.35. The number of rotatable bonds is 4. The van der Waals surface area contributed by atoms with Gasteiger partial charge in [-0.1, -0.05) is 6.42 Å². The third-order valence-electron chi connectivity index (χ3n) is 4.77. The molecular formula is C14H20N2O4. The molecule has 110 valence electrons. The highest BCUT2D eigenvalue weighted by atomic mass is 16.5. The number of amides is 1. The smallest absolute Gasteiger partial charge is 0.290 e. The summed E-state index contributed by atoms with van der Waals surface area (Å²) in [5, 5.41) is 2.99. The number of carbonyl (C=O) groups excluding carboxylic acids is 1. The molecule has 1 aromatic rings. The molecule has 0 aromatic carbocycles. The number of hydrogen-bond acceptors (Lipinski definition) is 4. The molecule has 0 aliphatic heterocycles. The molecule has 2 atom stereocenters. The molecule has 6 heteroatoms. The van der Waals surface area contributed by atoms with Crippen LogP contribution in [0, 0.1) is 5.41 Å². The van der Waals surface area contributed by atoms with Crippen molar-refractivity contribution in [3.05, 3.63) is 22.2 Å². The molecule has 0 unspecified atom stereocenters. The standard InChI is InChI=1S/C14H20N2O4/c1-3-19-11-8-10(14(11)5-4-6-14)15-13(18)9-7-12(17)16(2)20-9/h7,10-11H,3-6,8H2,1-2H3,(H,15,18)/t10-,11+/m1/s1. The quantitative estimate of drug-likeness (QED) is 0.895. The topological polar surface area (TPSA) is 73.5 Å². The van der Waals surface area contributed by atoms with Crippen LogP contribution in [0.25, 0.3) is 0 Å². The van der Waals surface area contributed by atoms with Crippen LogP contribution >= 0.6 is 0 Å². The molecule has 2 aliphatic carbocycles. The SMILES string of the molecule is CCO[C@H]1C[C@@H](NC(=O)c2cc(=O)n(C)o2)C12CCC2. The van der Waals surface area contributed by atoms with Crippen LogP contribution in [0.1, 0.15) is 43.2 Å². The molecule has 2 aliphatic rings. The number of nitrogens with one attached hydrogen (secondary N) is 1. The second-order valence-electron chi connectivity index (χ2n) is 5.73. The average molecular weight is 280 g/mol. The van der Waals surface area contributed by atoms with Crippen LogP contribution in [-0.2, 0) is 11.8 Å². The largest absolute Gasteiger partial charge is 0.378 e. The Bertz CT molecular complexity index is 570. The van der Waals surface area contributed by atoms with Gasteiger partial charge in [0, 0.05) is 25.1 Å². The van der Waals surface area contributed by atoms with Gasteiger partial charge < -0.3 is 14.6 Å². The Balaban J connectivity index is 1.67. The summed E-state index contributed by atoms with van der Waals surface area (Å²) in [5.41, 5.74) is -0.199. The van der Waals surface area contributed by atoms with Crippen LogP contribution < -0.4 is 10.9 Å². The third kappa shape index (κ3) is 1.90. The van der Waals surface area contributed by atoms with Gasteiger partial charge in [-0.05, 0) is 26.2 Å². The number of carbonyl (C=O) groups is 1. The lowest BCUT2D eigenvalue weighted by Gasteiger charge is -2.60. The Morgan fingerprint density at radius 2 is 2.35 bits per heavy atom. The van der Waals surface area contributed by atoms with E-state index < -0.39 is 0 Å². The molecule has 2 saturated carbocycles. The Morgan fingerprint density at radius 3 is 2.85 bits per heavy atom. The summed E-state index contributed by atoms with van der Waals surface area (Å²) >= 11 is 0. The maximum Gasteiger partial charge on any atom is 0.290 e. The molecule has 6 nitrogen and oxygen atoms in total. The van der Waals surface area contributed by atoms with Crippen molar-refractivity contribution in [2.75, 3.05) is 6.61 Å². The van der Waals surface area contributed by atoms with Gasteiger partial charge in [0.25, 0.3) is 11.5 Å². The van der Waals surface area contributed by atoms with Crippen molar-refractivity contribution in [2.24, 2.45) is 12.5 Å². The van der Waals surface area contributed by atoms with Gasteiger partial charge in [-0.25, -0.2) is 0 Å². The highest BCUT2D eigenvalue weighted by Gasteiger charge is 2.59. The van der Waals surface area contributed by atoms with Crippen molar-refractivity contribution in [1.29, 1.82) is 0 Å². The van der Waals surface area contributed by atoms with Gasteiger partial charge >= 0.3 is 0 Å². The van der Waals surface area contributed by atoms with E-state index in [-0.39, 0.29) is 34.8 Å². The molecular weight excluding hydrogens is 260 g/mol. The zero-order chi connectivity index (χ0) is 14.3. The summed E-state index contributed by atoms with van der Waals surface area (Å²) in [7, 11) is 1.49. The van der Waals surface area contributed by atoms with Crippen molar-refractivity contribution < 1.29 is 14.1 Å². The summed E-state index contributed by atoms with van der Waals surface area (Å²) < 4.78 is 11.9. The van der Waals surface area contributed by atoms with Gasteiger partial charge in [-0.15, -0.1) is 0 Å². The van der Waals surface area contributed by atoms with Crippen LogP contribution in [0.2, 0.25) is 0 Å². The fourth-order valence-electron chi connectivity index (χ4n) is 3.40. The Hall–Kier alpha value is -1.56. The summed E-state index contributed by atoms with van der Waals surface area (Å²) in [5.74, 6) is -0.235. The first kappa shape index (κ1) is 13.4. The fraction of sp³-hybridized carbons (Fsp3) is 0.714. The molecule has 1 amide bonds. The van der Waals surface area contributed by atoms with Gasteiger partial charge in [0.2, 0.25) is 5.76 Å². The lowest BCUT2D eigenvalue weighted by molar-refractivity contribution is -0.169. The first-order chi connectivity index (χ1) is 9.56. The molecule has 20 heavy (non-hydrogen) atoms. The van der Waals surface area contributed by atoms with Crippen molar-refractivity contribution in [1.82, 2.24) is 10.1 Å². The molecule has 1 aromatic heterocycles. The lowest BCUT2D eigenvalue weighted by atomic mass is 9.51. The van der Waals surface area contributed by atoms with Gasteiger partial charge in [0.05, 0.1) is 12.2 Å². The highest BCUT2D eigenvalue weighted by Crippen LogP contribution is 2.57. The van der Waals surface area contributed by atoms with Crippen LogP contribution in [0.4, 0.5) is 0 Å².